The highest BCUT2D eigenvalue weighted by molar-refractivity contribution is 7.90. The van der Waals surface area contributed by atoms with Gasteiger partial charge in [0, 0.05) is 62.5 Å². The lowest BCUT2D eigenvalue weighted by atomic mass is 9.88. The molecule has 0 radical (unpaired) electrons. The minimum atomic E-state index is -3.50. The van der Waals surface area contributed by atoms with Crippen LogP contribution < -0.4 is 25.6 Å². The Bertz CT molecular complexity index is 2700. The first kappa shape index (κ1) is 38.0. The Morgan fingerprint density at radius 3 is 2.52 bits per heavy atom. The van der Waals surface area contributed by atoms with Crippen LogP contribution in [0.15, 0.2) is 55.1 Å². The molecule has 20 heteroatoms. The molecule has 310 valence electrons. The lowest BCUT2D eigenvalue weighted by Gasteiger charge is -2.42. The van der Waals surface area contributed by atoms with Gasteiger partial charge in [-0.1, -0.05) is 0 Å². The molecule has 19 nitrogen and oxygen atoms in total. The van der Waals surface area contributed by atoms with Gasteiger partial charge in [0.1, 0.15) is 29.5 Å². The molecule has 2 aliphatic carbocycles. The Labute approximate surface area is 343 Å². The maximum absolute atomic E-state index is 13.2. The Hall–Kier alpha value is -6.28. The molecule has 3 aliphatic heterocycles. The fourth-order valence-electron chi connectivity index (χ4n) is 8.24. The molecule has 1 aromatic carbocycles. The van der Waals surface area contributed by atoms with E-state index < -0.39 is 39.7 Å². The van der Waals surface area contributed by atoms with Crippen LogP contribution in [-0.4, -0.2) is 114 Å². The van der Waals surface area contributed by atoms with Gasteiger partial charge in [-0.15, -0.1) is 0 Å². The minimum absolute atomic E-state index is 0.0330. The van der Waals surface area contributed by atoms with Crippen molar-refractivity contribution in [1.82, 2.24) is 49.5 Å². The van der Waals surface area contributed by atoms with Crippen LogP contribution in [-0.2, 0) is 19.6 Å². The molecule has 60 heavy (non-hydrogen) atoms. The Morgan fingerprint density at radius 2 is 1.75 bits per heavy atom. The molecule has 0 spiro atoms. The summed E-state index contributed by atoms with van der Waals surface area (Å²) in [5, 5.41) is 18.8. The largest absolute Gasteiger partial charge is 0.490 e. The molecule has 4 fully saturated rings. The number of benzene rings is 1. The Morgan fingerprint density at radius 1 is 0.950 bits per heavy atom. The summed E-state index contributed by atoms with van der Waals surface area (Å²) >= 11 is 0. The second-order valence-corrected chi connectivity index (χ2v) is 18.5. The summed E-state index contributed by atoms with van der Waals surface area (Å²) in [6.45, 7) is 6.73. The van der Waals surface area contributed by atoms with E-state index in [2.05, 4.69) is 49.8 Å². The lowest BCUT2D eigenvalue weighted by molar-refractivity contribution is -0.136. The number of nitrogens with zero attached hydrogens (tertiary/aromatic N) is 9. The van der Waals surface area contributed by atoms with Crippen molar-refractivity contribution in [2.45, 2.75) is 81.9 Å². The van der Waals surface area contributed by atoms with Crippen molar-refractivity contribution in [3.8, 4) is 17.1 Å². The highest BCUT2D eigenvalue weighted by atomic mass is 32.2. The zero-order valence-corrected chi connectivity index (χ0v) is 33.6. The predicted molar refractivity (Wildman–Crippen MR) is 216 cm³/mol. The fraction of sp³-hybridized carbons (Fsp3) is 0.425. The Balaban J connectivity index is 0.721. The van der Waals surface area contributed by atoms with Crippen LogP contribution in [0.4, 0.5) is 17.5 Å². The van der Waals surface area contributed by atoms with Gasteiger partial charge in [0.25, 0.3) is 21.8 Å². The number of ether oxygens (including phenoxy) is 1. The monoisotopic (exact) mass is 834 g/mol. The van der Waals surface area contributed by atoms with Crippen molar-refractivity contribution in [2.75, 3.05) is 29.9 Å². The van der Waals surface area contributed by atoms with Gasteiger partial charge in [-0.05, 0) is 70.2 Å². The molecular weight excluding hydrogens is 793 g/mol. The van der Waals surface area contributed by atoms with Crippen molar-refractivity contribution in [1.29, 1.82) is 0 Å². The van der Waals surface area contributed by atoms with Gasteiger partial charge in [0.15, 0.2) is 11.6 Å². The smallest absolute Gasteiger partial charge is 0.262 e. The normalized spacial score (nSPS) is 21.9. The zero-order chi connectivity index (χ0) is 41.4. The van der Waals surface area contributed by atoms with Gasteiger partial charge in [-0.25, -0.2) is 23.4 Å². The number of fused-ring (bicyclic) bond motifs is 2. The number of amides is 4. The second kappa shape index (κ2) is 14.5. The zero-order valence-electron chi connectivity index (χ0n) is 32.8. The standard InChI is InChI=1S/C40H42N12O7S/c1-21(2)52-32-14-34(45-33-9-10-41-36(46-33)23-16-44-50(20-23)60(57,58)27-4-5-27)43-17-30(32)37(48-52)49-18-22(19-49)15-42-24-11-26(12-24)59-25-3-6-28-29(13-25)40(56)51(39(28)55)31-7-8-35(53)47-38(31)54/h3,6,9-10,13-14,16-17,20-22,24,26-27,31,42H,4-5,7-8,11-12,15,18-19H2,1-2H3,(H,47,53,54)(H,41,43,45,46)/t24-,26-,31?. The molecule has 4 amide bonds. The van der Waals surface area contributed by atoms with Crippen LogP contribution >= 0.6 is 0 Å². The van der Waals surface area contributed by atoms with Crippen molar-refractivity contribution in [2.24, 2.45) is 5.92 Å². The number of nitrogens with one attached hydrogen (secondary N) is 3. The van der Waals surface area contributed by atoms with Crippen LogP contribution in [0.5, 0.6) is 5.75 Å². The summed E-state index contributed by atoms with van der Waals surface area (Å²) in [6, 6.07) is 7.89. The van der Waals surface area contributed by atoms with Crippen LogP contribution in [0.1, 0.15) is 79.1 Å². The first-order valence-corrected chi connectivity index (χ1v) is 21.7. The van der Waals surface area contributed by atoms with E-state index in [4.69, 9.17) is 14.8 Å². The summed E-state index contributed by atoms with van der Waals surface area (Å²) in [7, 11) is -3.50. The number of aromatic nitrogens is 7. The molecule has 1 atom stereocenters. The molecule has 2 saturated heterocycles. The van der Waals surface area contributed by atoms with E-state index in [1.54, 1.807) is 30.5 Å². The number of anilines is 3. The van der Waals surface area contributed by atoms with E-state index in [0.717, 1.165) is 58.2 Å². The second-order valence-electron chi connectivity index (χ2n) is 16.4. The van der Waals surface area contributed by atoms with Crippen LogP contribution in [0.2, 0.25) is 0 Å². The number of hydrogen-bond acceptors (Lipinski definition) is 15. The van der Waals surface area contributed by atoms with E-state index in [1.165, 1.54) is 12.4 Å². The van der Waals surface area contributed by atoms with Crippen molar-refractivity contribution < 1.29 is 32.3 Å². The van der Waals surface area contributed by atoms with E-state index in [-0.39, 0.29) is 41.4 Å². The summed E-state index contributed by atoms with van der Waals surface area (Å²) < 4.78 is 34.4. The molecule has 0 bridgehead atoms. The summed E-state index contributed by atoms with van der Waals surface area (Å²) in [4.78, 5) is 67.1. The van der Waals surface area contributed by atoms with Gasteiger partial charge in [-0.2, -0.15) is 14.3 Å². The topological polar surface area (TPSA) is 229 Å². The SMILES string of the molecule is CC(C)n1nc(N2CC(CN[C@H]3C[C@H](Oc4ccc5c(c4)C(=O)N(C4CCC(=O)NC4=O)C5=O)C3)C2)c2cnc(Nc3ccnc(-c4cnn(S(=O)(=O)C5CC5)c4)n3)cc21. The van der Waals surface area contributed by atoms with E-state index in [9.17, 15) is 27.6 Å². The third-order valence-corrected chi connectivity index (χ3v) is 13.8. The van der Waals surface area contributed by atoms with Crippen LogP contribution in [0, 0.1) is 5.92 Å². The molecule has 2 saturated carbocycles. The van der Waals surface area contributed by atoms with Crippen molar-refractivity contribution in [3.05, 3.63) is 66.2 Å². The summed E-state index contributed by atoms with van der Waals surface area (Å²) in [5.41, 5.74) is 1.86. The molecule has 3 N–H and O–H groups in total. The van der Waals surface area contributed by atoms with Gasteiger partial charge in [0.05, 0.1) is 45.2 Å². The fourth-order valence-corrected chi connectivity index (χ4v) is 9.71. The van der Waals surface area contributed by atoms with Crippen LogP contribution in [0.25, 0.3) is 22.3 Å². The molecule has 5 aliphatic rings. The first-order valence-electron chi connectivity index (χ1n) is 20.2. The van der Waals surface area contributed by atoms with E-state index in [1.807, 2.05) is 16.9 Å². The van der Waals surface area contributed by atoms with Gasteiger partial charge < -0.3 is 20.3 Å². The lowest BCUT2D eigenvalue weighted by Crippen LogP contribution is -2.55. The third-order valence-electron chi connectivity index (χ3n) is 11.8. The molecule has 4 aromatic heterocycles. The van der Waals surface area contributed by atoms with Crippen molar-refractivity contribution >= 4 is 62.0 Å². The number of rotatable bonds is 13. The maximum Gasteiger partial charge on any atom is 0.262 e. The summed E-state index contributed by atoms with van der Waals surface area (Å²) in [5.74, 6) is 1.11. The van der Waals surface area contributed by atoms with Gasteiger partial charge >= 0.3 is 0 Å². The summed E-state index contributed by atoms with van der Waals surface area (Å²) in [6.07, 6.45) is 9.39. The number of piperidine rings is 1. The number of hydrogen-bond donors (Lipinski definition) is 3. The third kappa shape index (κ3) is 6.82. The highest BCUT2D eigenvalue weighted by Gasteiger charge is 2.45. The molecule has 5 aromatic rings. The molecule has 10 rings (SSSR count). The highest BCUT2D eigenvalue weighted by Crippen LogP contribution is 2.36. The van der Waals surface area contributed by atoms with Crippen molar-refractivity contribution in [3.63, 3.8) is 0 Å². The average molecular weight is 835 g/mol. The predicted octanol–water partition coefficient (Wildman–Crippen LogP) is 2.79. The first-order chi connectivity index (χ1) is 28.9. The maximum atomic E-state index is 13.2. The molecule has 7 heterocycles. The van der Waals surface area contributed by atoms with Gasteiger partial charge in [-0.3, -0.25) is 34.1 Å². The van der Waals surface area contributed by atoms with E-state index >= 15 is 0 Å². The Kier molecular flexibility index (Phi) is 9.15. The van der Waals surface area contributed by atoms with E-state index in [0.29, 0.717) is 53.6 Å². The quantitative estimate of drug-likeness (QED) is 0.145. The average Bonchev–Trinajstić information content (AvgIpc) is 3.75. The van der Waals surface area contributed by atoms with Gasteiger partial charge in [0.2, 0.25) is 11.8 Å². The number of pyridine rings is 1. The number of imide groups is 2. The minimum Gasteiger partial charge on any atom is -0.490 e. The number of carbonyl (C=O) groups excluding carboxylic acids is 4. The molecule has 1 unspecified atom stereocenters. The van der Waals surface area contributed by atoms with Crippen LogP contribution in [0.3, 0.4) is 0 Å². The number of carbonyl (C=O) groups is 4. The molecular formula is C40H42N12O7S.